The van der Waals surface area contributed by atoms with Crippen LogP contribution in [-0.2, 0) is 22.6 Å². The number of fused-ring (bicyclic) bond motifs is 1. The summed E-state index contributed by atoms with van der Waals surface area (Å²) in [4.78, 5) is 23.9. The topological polar surface area (TPSA) is 75.4 Å². The van der Waals surface area contributed by atoms with Crippen LogP contribution in [0.15, 0.2) is 18.2 Å². The van der Waals surface area contributed by atoms with Gasteiger partial charge in [0.15, 0.2) is 0 Å². The molecule has 0 atom stereocenters. The molecular weight excluding hydrogens is 230 g/mol. The molecule has 0 bridgehead atoms. The number of nitrogens with zero attached hydrogens (tertiary/aromatic N) is 1. The van der Waals surface area contributed by atoms with E-state index in [4.69, 9.17) is 5.73 Å². The lowest BCUT2D eigenvalue weighted by atomic mass is 10.0. The van der Waals surface area contributed by atoms with Gasteiger partial charge in [0.1, 0.15) is 0 Å². The zero-order valence-electron chi connectivity index (χ0n) is 10.4. The normalized spacial score (nSPS) is 14.2. The highest BCUT2D eigenvalue weighted by Crippen LogP contribution is 2.23. The molecule has 0 fully saturated rings. The Morgan fingerprint density at radius 2 is 2.22 bits per heavy atom. The van der Waals surface area contributed by atoms with E-state index in [1.807, 2.05) is 24.1 Å². The molecule has 0 saturated heterocycles. The zero-order chi connectivity index (χ0) is 13.1. The average molecular weight is 247 g/mol. The fraction of sp³-hybridized carbons (Fsp3) is 0.385. The zero-order valence-corrected chi connectivity index (χ0v) is 10.4. The lowest BCUT2D eigenvalue weighted by Gasteiger charge is -2.19. The van der Waals surface area contributed by atoms with Crippen molar-refractivity contribution in [1.82, 2.24) is 4.90 Å². The third-order valence-electron chi connectivity index (χ3n) is 2.94. The maximum Gasteiger partial charge on any atom is 0.231 e. The second-order valence-corrected chi connectivity index (χ2v) is 4.68. The molecule has 0 saturated carbocycles. The van der Waals surface area contributed by atoms with E-state index in [1.54, 1.807) is 0 Å². The number of nitrogens with two attached hydrogens (primary N) is 1. The lowest BCUT2D eigenvalue weighted by Crippen LogP contribution is -2.30. The highest BCUT2D eigenvalue weighted by Gasteiger charge is 2.15. The number of rotatable bonds is 4. The first kappa shape index (κ1) is 12.6. The van der Waals surface area contributed by atoms with Crippen LogP contribution in [0, 0.1) is 0 Å². The number of hydrogen-bond acceptors (Lipinski definition) is 3. The van der Waals surface area contributed by atoms with E-state index in [0.717, 1.165) is 23.2 Å². The molecule has 1 aromatic carbocycles. The molecule has 1 aromatic rings. The Bertz CT molecular complexity index is 485. The Morgan fingerprint density at radius 1 is 1.44 bits per heavy atom. The summed E-state index contributed by atoms with van der Waals surface area (Å²) in [5, 5.41) is 2.85. The van der Waals surface area contributed by atoms with Gasteiger partial charge in [-0.05, 0) is 30.7 Å². The number of likely N-dealkylation sites (N-methyl/N-ethyl adjacent to an activating group) is 1. The maximum atomic E-state index is 11.2. The quantitative estimate of drug-likeness (QED) is 0.813. The summed E-state index contributed by atoms with van der Waals surface area (Å²) in [5.74, 6) is -0.260. The summed E-state index contributed by atoms with van der Waals surface area (Å²) in [6, 6.07) is 5.95. The molecular formula is C13H17N3O2. The Morgan fingerprint density at radius 3 is 2.94 bits per heavy atom. The molecule has 3 N–H and O–H groups in total. The van der Waals surface area contributed by atoms with Crippen molar-refractivity contribution < 1.29 is 9.59 Å². The van der Waals surface area contributed by atoms with Crippen molar-refractivity contribution in [2.24, 2.45) is 5.73 Å². The van der Waals surface area contributed by atoms with Crippen LogP contribution < -0.4 is 11.1 Å². The summed E-state index contributed by atoms with van der Waals surface area (Å²) in [5.41, 5.74) is 8.31. The monoisotopic (exact) mass is 247 g/mol. The van der Waals surface area contributed by atoms with Crippen LogP contribution in [0.1, 0.15) is 17.5 Å². The molecule has 0 aliphatic carbocycles. The van der Waals surface area contributed by atoms with Crippen molar-refractivity contribution in [3.8, 4) is 0 Å². The van der Waals surface area contributed by atoms with Gasteiger partial charge in [0.05, 0.1) is 6.54 Å². The van der Waals surface area contributed by atoms with Gasteiger partial charge in [-0.1, -0.05) is 12.1 Å². The van der Waals surface area contributed by atoms with Crippen molar-refractivity contribution >= 4 is 17.5 Å². The van der Waals surface area contributed by atoms with Crippen LogP contribution >= 0.6 is 0 Å². The first-order chi connectivity index (χ1) is 8.54. The van der Waals surface area contributed by atoms with Gasteiger partial charge in [0.25, 0.3) is 0 Å². The molecule has 1 heterocycles. The Labute approximate surface area is 106 Å². The van der Waals surface area contributed by atoms with Crippen molar-refractivity contribution in [3.63, 3.8) is 0 Å². The van der Waals surface area contributed by atoms with Crippen molar-refractivity contribution in [2.45, 2.75) is 19.4 Å². The highest BCUT2D eigenvalue weighted by molar-refractivity contribution is 5.93. The second-order valence-electron chi connectivity index (χ2n) is 4.68. The molecule has 18 heavy (non-hydrogen) atoms. The number of anilines is 1. The summed E-state index contributed by atoms with van der Waals surface area (Å²) in [6.07, 6.45) is 1.31. The van der Waals surface area contributed by atoms with Gasteiger partial charge in [0, 0.05) is 18.7 Å². The molecule has 2 amide bonds. The van der Waals surface area contributed by atoms with E-state index in [-0.39, 0.29) is 18.4 Å². The van der Waals surface area contributed by atoms with Gasteiger partial charge in [0.2, 0.25) is 11.8 Å². The minimum Gasteiger partial charge on any atom is -0.369 e. The van der Waals surface area contributed by atoms with Crippen molar-refractivity contribution in [1.29, 1.82) is 0 Å². The van der Waals surface area contributed by atoms with Crippen molar-refractivity contribution in [3.05, 3.63) is 29.3 Å². The minimum atomic E-state index is -0.331. The smallest absolute Gasteiger partial charge is 0.231 e. The molecule has 0 spiro atoms. The highest BCUT2D eigenvalue weighted by atomic mass is 16.2. The third-order valence-corrected chi connectivity index (χ3v) is 2.94. The SMILES string of the molecule is CN(CC(N)=O)Cc1ccc2c(c1)CCC(=O)N2. The van der Waals surface area contributed by atoms with E-state index in [0.29, 0.717) is 13.0 Å². The number of primary amides is 1. The Hall–Kier alpha value is -1.88. The summed E-state index contributed by atoms with van der Waals surface area (Å²) in [6.45, 7) is 0.915. The molecule has 1 aliphatic rings. The van der Waals surface area contributed by atoms with Crippen LogP contribution in [0.5, 0.6) is 0 Å². The number of aryl methyl sites for hydroxylation is 1. The first-order valence-electron chi connectivity index (χ1n) is 5.93. The maximum absolute atomic E-state index is 11.2. The third kappa shape index (κ3) is 3.07. The molecule has 5 nitrogen and oxygen atoms in total. The molecule has 96 valence electrons. The Balaban J connectivity index is 2.07. The predicted octanol–water partition coefficient (Wildman–Crippen LogP) is 0.488. The standard InChI is InChI=1S/C13H17N3O2/c1-16(8-12(14)17)7-9-2-4-11-10(6-9)3-5-13(18)15-11/h2,4,6H,3,5,7-8H2,1H3,(H2,14,17)(H,15,18). The number of nitrogens with one attached hydrogen (secondary N) is 1. The van der Waals surface area contributed by atoms with E-state index in [2.05, 4.69) is 11.4 Å². The van der Waals surface area contributed by atoms with Crippen LogP contribution in [0.3, 0.4) is 0 Å². The number of carbonyl (C=O) groups is 2. The number of carbonyl (C=O) groups excluding carboxylic acids is 2. The second kappa shape index (κ2) is 5.18. The molecule has 0 unspecified atom stereocenters. The van der Waals surface area contributed by atoms with Crippen LogP contribution in [0.4, 0.5) is 5.69 Å². The largest absolute Gasteiger partial charge is 0.369 e. The van der Waals surface area contributed by atoms with E-state index >= 15 is 0 Å². The molecule has 5 heteroatoms. The average Bonchev–Trinajstić information content (AvgIpc) is 2.28. The molecule has 0 radical (unpaired) electrons. The van der Waals surface area contributed by atoms with E-state index in [1.165, 1.54) is 0 Å². The van der Waals surface area contributed by atoms with Gasteiger partial charge in [-0.15, -0.1) is 0 Å². The molecule has 1 aliphatic heterocycles. The van der Waals surface area contributed by atoms with E-state index in [9.17, 15) is 9.59 Å². The van der Waals surface area contributed by atoms with Gasteiger partial charge >= 0.3 is 0 Å². The number of hydrogen-bond donors (Lipinski definition) is 2. The fourth-order valence-corrected chi connectivity index (χ4v) is 2.17. The molecule has 0 aromatic heterocycles. The first-order valence-corrected chi connectivity index (χ1v) is 5.93. The summed E-state index contributed by atoms with van der Waals surface area (Å²) in [7, 11) is 1.85. The molecule has 2 rings (SSSR count). The van der Waals surface area contributed by atoms with Gasteiger partial charge in [-0.25, -0.2) is 0 Å². The van der Waals surface area contributed by atoms with E-state index < -0.39 is 0 Å². The Kier molecular flexibility index (Phi) is 3.62. The minimum absolute atomic E-state index is 0.0705. The van der Waals surface area contributed by atoms with Gasteiger partial charge < -0.3 is 11.1 Å². The van der Waals surface area contributed by atoms with Crippen LogP contribution in [0.2, 0.25) is 0 Å². The lowest BCUT2D eigenvalue weighted by molar-refractivity contribution is -0.119. The van der Waals surface area contributed by atoms with Crippen LogP contribution in [0.25, 0.3) is 0 Å². The summed E-state index contributed by atoms with van der Waals surface area (Å²) < 4.78 is 0. The number of amides is 2. The van der Waals surface area contributed by atoms with Crippen LogP contribution in [-0.4, -0.2) is 30.3 Å². The number of benzene rings is 1. The summed E-state index contributed by atoms with van der Waals surface area (Å²) >= 11 is 0. The predicted molar refractivity (Wildman–Crippen MR) is 68.9 cm³/mol. The fourth-order valence-electron chi connectivity index (χ4n) is 2.17. The van der Waals surface area contributed by atoms with Gasteiger partial charge in [-0.2, -0.15) is 0 Å². The van der Waals surface area contributed by atoms with Crippen molar-refractivity contribution in [2.75, 3.05) is 18.9 Å². The van der Waals surface area contributed by atoms with Gasteiger partial charge in [-0.3, -0.25) is 14.5 Å².